The average molecular weight is 274 g/mol. The Morgan fingerprint density at radius 3 is 2.42 bits per heavy atom. The molecule has 1 aliphatic rings. The van der Waals surface area contributed by atoms with Gasteiger partial charge in [0.15, 0.2) is 5.82 Å². The number of nitriles is 1. The summed E-state index contributed by atoms with van der Waals surface area (Å²) in [5.41, 5.74) is 1.17. The van der Waals surface area contributed by atoms with E-state index in [0.717, 1.165) is 31.6 Å². The van der Waals surface area contributed by atoms with Crippen molar-refractivity contribution in [2.24, 2.45) is 0 Å². The predicted octanol–water partition coefficient (Wildman–Crippen LogP) is 2.39. The quantitative estimate of drug-likeness (QED) is 0.843. The van der Waals surface area contributed by atoms with Gasteiger partial charge in [-0.3, -0.25) is 0 Å². The molecule has 0 atom stereocenters. The maximum Gasteiger partial charge on any atom is 0.207 e. The van der Waals surface area contributed by atoms with Crippen LogP contribution in [-0.2, 0) is 0 Å². The second-order valence-electron chi connectivity index (χ2n) is 4.44. The summed E-state index contributed by atoms with van der Waals surface area (Å²) in [5, 5.41) is 18.5. The monoisotopic (exact) mass is 273 g/mol. The van der Waals surface area contributed by atoms with Crippen LogP contribution >= 0.6 is 11.6 Å². The van der Waals surface area contributed by atoms with Gasteiger partial charge >= 0.3 is 0 Å². The van der Waals surface area contributed by atoms with E-state index >= 15 is 0 Å². The molecule has 0 aliphatic carbocycles. The number of benzene rings is 1. The van der Waals surface area contributed by atoms with Gasteiger partial charge in [-0.15, -0.1) is 15.0 Å². The van der Waals surface area contributed by atoms with Gasteiger partial charge in [-0.1, -0.05) is 11.6 Å². The molecule has 0 radical (unpaired) electrons. The van der Waals surface area contributed by atoms with Crippen LogP contribution in [0.5, 0.6) is 0 Å². The van der Waals surface area contributed by atoms with Crippen molar-refractivity contribution in [2.75, 3.05) is 18.0 Å². The molecule has 1 saturated heterocycles. The summed E-state index contributed by atoms with van der Waals surface area (Å²) >= 11 is 5.86. The predicted molar refractivity (Wildman–Crippen MR) is 72.5 cm³/mol. The minimum atomic E-state index is 0.372. The number of anilines is 1. The van der Waals surface area contributed by atoms with E-state index in [-0.39, 0.29) is 0 Å². The van der Waals surface area contributed by atoms with Crippen LogP contribution in [0, 0.1) is 11.3 Å². The third kappa shape index (κ3) is 2.27. The fourth-order valence-electron chi connectivity index (χ4n) is 2.20. The fraction of sp³-hybridized carbons (Fsp3) is 0.308. The van der Waals surface area contributed by atoms with Crippen molar-refractivity contribution in [1.29, 1.82) is 5.26 Å². The van der Waals surface area contributed by atoms with Crippen molar-refractivity contribution in [2.45, 2.75) is 12.8 Å². The molecular formula is C13H12ClN5. The minimum absolute atomic E-state index is 0.372. The zero-order chi connectivity index (χ0) is 13.2. The Bertz CT molecular complexity index is 619. The molecule has 0 saturated carbocycles. The smallest absolute Gasteiger partial charge is 0.207 e. The van der Waals surface area contributed by atoms with E-state index in [1.807, 2.05) is 12.1 Å². The van der Waals surface area contributed by atoms with Crippen molar-refractivity contribution in [3.63, 3.8) is 0 Å². The summed E-state index contributed by atoms with van der Waals surface area (Å²) in [6.45, 7) is 1.88. The van der Waals surface area contributed by atoms with Crippen molar-refractivity contribution in [1.82, 2.24) is 15.0 Å². The molecule has 0 unspecified atom stereocenters. The molecule has 0 bridgehead atoms. The Morgan fingerprint density at radius 2 is 1.79 bits per heavy atom. The second kappa shape index (κ2) is 4.90. The lowest BCUT2D eigenvalue weighted by Gasteiger charge is -2.12. The molecule has 96 valence electrons. The number of nitrogens with zero attached hydrogens (tertiary/aromatic N) is 5. The van der Waals surface area contributed by atoms with Crippen LogP contribution in [0.1, 0.15) is 18.5 Å². The van der Waals surface area contributed by atoms with Gasteiger partial charge in [0.25, 0.3) is 0 Å². The Labute approximate surface area is 116 Å². The molecule has 19 heavy (non-hydrogen) atoms. The van der Waals surface area contributed by atoms with Crippen LogP contribution in [-0.4, -0.2) is 28.1 Å². The SMILES string of the molecule is N#Cc1nn(-c2ccc(Cl)cc2)nc1N1CCCC1. The van der Waals surface area contributed by atoms with Gasteiger partial charge < -0.3 is 4.90 Å². The number of halogens is 1. The number of hydrogen-bond acceptors (Lipinski definition) is 4. The first-order valence-electron chi connectivity index (χ1n) is 6.16. The summed E-state index contributed by atoms with van der Waals surface area (Å²) in [6, 6.07) is 9.33. The van der Waals surface area contributed by atoms with Crippen LogP contribution in [0.3, 0.4) is 0 Å². The first-order valence-corrected chi connectivity index (χ1v) is 6.54. The Balaban J connectivity index is 1.99. The van der Waals surface area contributed by atoms with E-state index in [1.165, 1.54) is 4.80 Å². The highest BCUT2D eigenvalue weighted by Gasteiger charge is 2.21. The first kappa shape index (κ1) is 12.0. The third-order valence-electron chi connectivity index (χ3n) is 3.17. The lowest BCUT2D eigenvalue weighted by Crippen LogP contribution is -2.19. The molecular weight excluding hydrogens is 262 g/mol. The van der Waals surface area contributed by atoms with E-state index < -0.39 is 0 Å². The highest BCUT2D eigenvalue weighted by molar-refractivity contribution is 6.30. The van der Waals surface area contributed by atoms with Gasteiger partial charge in [0.1, 0.15) is 6.07 Å². The summed E-state index contributed by atoms with van der Waals surface area (Å²) < 4.78 is 0. The second-order valence-corrected chi connectivity index (χ2v) is 4.88. The lowest BCUT2D eigenvalue weighted by atomic mass is 10.3. The molecule has 1 aromatic carbocycles. The molecule has 3 rings (SSSR count). The van der Waals surface area contributed by atoms with Crippen LogP contribution < -0.4 is 4.90 Å². The van der Waals surface area contributed by atoms with Gasteiger partial charge in [0.2, 0.25) is 5.69 Å². The third-order valence-corrected chi connectivity index (χ3v) is 3.42. The Morgan fingerprint density at radius 1 is 1.11 bits per heavy atom. The van der Waals surface area contributed by atoms with Gasteiger partial charge in [-0.05, 0) is 37.1 Å². The molecule has 0 amide bonds. The summed E-state index contributed by atoms with van der Waals surface area (Å²) in [5.74, 6) is 0.676. The largest absolute Gasteiger partial charge is 0.353 e. The van der Waals surface area contributed by atoms with E-state index in [1.54, 1.807) is 12.1 Å². The summed E-state index contributed by atoms with van der Waals surface area (Å²) in [7, 11) is 0. The molecule has 5 nitrogen and oxygen atoms in total. The van der Waals surface area contributed by atoms with E-state index in [4.69, 9.17) is 16.9 Å². The van der Waals surface area contributed by atoms with Gasteiger partial charge in [-0.2, -0.15) is 5.26 Å². The van der Waals surface area contributed by atoms with E-state index in [0.29, 0.717) is 16.5 Å². The Kier molecular flexibility index (Phi) is 3.10. The first-order chi connectivity index (χ1) is 9.28. The van der Waals surface area contributed by atoms with Crippen LogP contribution in [0.25, 0.3) is 5.69 Å². The fourth-order valence-corrected chi connectivity index (χ4v) is 2.33. The van der Waals surface area contributed by atoms with E-state index in [2.05, 4.69) is 21.2 Å². The molecule has 2 heterocycles. The van der Waals surface area contributed by atoms with Crippen LogP contribution in [0.2, 0.25) is 5.02 Å². The molecule has 2 aromatic rings. The zero-order valence-corrected chi connectivity index (χ0v) is 11.0. The summed E-state index contributed by atoms with van der Waals surface area (Å²) in [4.78, 5) is 3.60. The molecule has 1 aromatic heterocycles. The van der Waals surface area contributed by atoms with Gasteiger partial charge in [0.05, 0.1) is 5.69 Å². The average Bonchev–Trinajstić information content (AvgIpc) is 3.08. The highest BCUT2D eigenvalue weighted by atomic mass is 35.5. The van der Waals surface area contributed by atoms with Crippen molar-refractivity contribution < 1.29 is 0 Å². The zero-order valence-electron chi connectivity index (χ0n) is 10.3. The number of aromatic nitrogens is 3. The Hall–Kier alpha value is -2.06. The topological polar surface area (TPSA) is 57.7 Å². The van der Waals surface area contributed by atoms with Crippen molar-refractivity contribution >= 4 is 17.4 Å². The van der Waals surface area contributed by atoms with Gasteiger partial charge in [-0.25, -0.2) is 0 Å². The van der Waals surface area contributed by atoms with Crippen LogP contribution in [0.4, 0.5) is 5.82 Å². The lowest BCUT2D eigenvalue weighted by molar-refractivity contribution is 0.743. The minimum Gasteiger partial charge on any atom is -0.353 e. The maximum absolute atomic E-state index is 9.17. The summed E-state index contributed by atoms with van der Waals surface area (Å²) in [6.07, 6.45) is 2.28. The maximum atomic E-state index is 9.17. The van der Waals surface area contributed by atoms with E-state index in [9.17, 15) is 0 Å². The standard InChI is InChI=1S/C13H12ClN5/c14-10-3-5-11(6-4-10)19-16-12(9-15)13(17-19)18-7-1-2-8-18/h3-6H,1-2,7-8H2. The molecule has 6 heteroatoms. The number of rotatable bonds is 2. The van der Waals surface area contributed by atoms with Crippen molar-refractivity contribution in [3.8, 4) is 11.8 Å². The van der Waals surface area contributed by atoms with Crippen molar-refractivity contribution in [3.05, 3.63) is 35.0 Å². The molecule has 1 fully saturated rings. The van der Waals surface area contributed by atoms with Crippen LogP contribution in [0.15, 0.2) is 24.3 Å². The number of hydrogen-bond donors (Lipinski definition) is 0. The molecule has 0 spiro atoms. The molecule has 1 aliphatic heterocycles. The highest BCUT2D eigenvalue weighted by Crippen LogP contribution is 2.22. The molecule has 0 N–H and O–H groups in total. The normalized spacial score (nSPS) is 14.6. The van der Waals surface area contributed by atoms with Gasteiger partial charge in [0, 0.05) is 18.1 Å².